The van der Waals surface area contributed by atoms with Gasteiger partial charge in [0.15, 0.2) is 0 Å². The molecule has 1 atom stereocenters. The molecule has 3 rings (SSSR count). The van der Waals surface area contributed by atoms with E-state index in [2.05, 4.69) is 18.2 Å². The number of hydrogen-bond donors (Lipinski definition) is 0. The van der Waals surface area contributed by atoms with Gasteiger partial charge in [-0.25, -0.2) is 9.78 Å². The van der Waals surface area contributed by atoms with Gasteiger partial charge < -0.3 is 14.2 Å². The average Bonchev–Trinajstić information content (AvgIpc) is 2.87. The molecule has 0 saturated carbocycles. The van der Waals surface area contributed by atoms with Gasteiger partial charge in [0.1, 0.15) is 11.2 Å². The third kappa shape index (κ3) is 3.49. The second kappa shape index (κ2) is 5.87. The molecule has 1 aliphatic heterocycles. The Bertz CT molecular complexity index is 715. The number of nitrogens with zero attached hydrogens (tertiary/aromatic N) is 3. The van der Waals surface area contributed by atoms with Crippen LogP contribution < -0.4 is 0 Å². The van der Waals surface area contributed by atoms with Crippen molar-refractivity contribution in [1.82, 2.24) is 14.5 Å². The fraction of sp³-hybridized carbons (Fsp3) is 0.556. The van der Waals surface area contributed by atoms with Crippen molar-refractivity contribution in [1.29, 1.82) is 0 Å². The molecule has 0 radical (unpaired) electrons. The van der Waals surface area contributed by atoms with Crippen molar-refractivity contribution in [2.45, 2.75) is 45.1 Å². The highest BCUT2D eigenvalue weighted by molar-refractivity contribution is 5.76. The molecule has 1 fully saturated rings. The van der Waals surface area contributed by atoms with Crippen LogP contribution in [0.2, 0.25) is 0 Å². The Kier molecular flexibility index (Phi) is 4.04. The van der Waals surface area contributed by atoms with Crippen molar-refractivity contribution in [3.05, 3.63) is 30.1 Å². The van der Waals surface area contributed by atoms with E-state index in [-0.39, 0.29) is 12.0 Å². The van der Waals surface area contributed by atoms with Gasteiger partial charge in [0, 0.05) is 43.3 Å². The molecular formula is C18H25N3O2. The van der Waals surface area contributed by atoms with E-state index < -0.39 is 5.60 Å². The van der Waals surface area contributed by atoms with Crippen LogP contribution >= 0.6 is 0 Å². The van der Waals surface area contributed by atoms with Gasteiger partial charge in [-0.2, -0.15) is 0 Å². The summed E-state index contributed by atoms with van der Waals surface area (Å²) in [5.41, 5.74) is 1.61. The van der Waals surface area contributed by atoms with Gasteiger partial charge in [-0.3, -0.25) is 0 Å². The summed E-state index contributed by atoms with van der Waals surface area (Å²) in [5.74, 6) is 0.274. The number of rotatable bonds is 1. The summed E-state index contributed by atoms with van der Waals surface area (Å²) in [6.45, 7) is 7.14. The Morgan fingerprint density at radius 2 is 2.09 bits per heavy atom. The second-order valence-electron chi connectivity index (χ2n) is 7.34. The fourth-order valence-corrected chi connectivity index (χ4v) is 3.09. The van der Waals surface area contributed by atoms with Crippen LogP contribution in [0, 0.1) is 0 Å². The van der Waals surface area contributed by atoms with Gasteiger partial charge >= 0.3 is 6.09 Å². The fourth-order valence-electron chi connectivity index (χ4n) is 3.09. The first kappa shape index (κ1) is 15.8. The molecule has 0 aliphatic carbocycles. The first-order valence-corrected chi connectivity index (χ1v) is 8.23. The van der Waals surface area contributed by atoms with E-state index in [0.717, 1.165) is 36.1 Å². The highest BCUT2D eigenvalue weighted by Crippen LogP contribution is 2.28. The number of fused-ring (bicyclic) bond motifs is 1. The molecule has 1 aliphatic rings. The largest absolute Gasteiger partial charge is 0.444 e. The number of amides is 1. The zero-order valence-electron chi connectivity index (χ0n) is 14.4. The molecule has 0 aromatic carbocycles. The zero-order valence-corrected chi connectivity index (χ0v) is 14.4. The third-order valence-electron chi connectivity index (χ3n) is 4.23. The topological polar surface area (TPSA) is 47.4 Å². The SMILES string of the molecule is Cn1ccc2ccc(C3CCCN(C(=O)OC(C)(C)C)C3)nc21. The molecule has 1 amide bonds. The van der Waals surface area contributed by atoms with Gasteiger partial charge in [0.05, 0.1) is 0 Å². The number of pyridine rings is 1. The summed E-state index contributed by atoms with van der Waals surface area (Å²) < 4.78 is 7.54. The molecular weight excluding hydrogens is 290 g/mol. The summed E-state index contributed by atoms with van der Waals surface area (Å²) in [6.07, 6.45) is 3.84. The number of likely N-dealkylation sites (tertiary alicyclic amines) is 1. The minimum atomic E-state index is -0.454. The van der Waals surface area contributed by atoms with Crippen LogP contribution in [0.4, 0.5) is 4.79 Å². The predicted molar refractivity (Wildman–Crippen MR) is 90.5 cm³/mol. The Morgan fingerprint density at radius 1 is 1.30 bits per heavy atom. The summed E-state index contributed by atoms with van der Waals surface area (Å²) in [6, 6.07) is 6.27. The van der Waals surface area contributed by atoms with Gasteiger partial charge in [-0.15, -0.1) is 0 Å². The van der Waals surface area contributed by atoms with Crippen molar-refractivity contribution in [3.8, 4) is 0 Å². The summed E-state index contributed by atoms with van der Waals surface area (Å²) in [5, 5.41) is 1.15. The van der Waals surface area contributed by atoms with Crippen molar-refractivity contribution < 1.29 is 9.53 Å². The minimum absolute atomic E-state index is 0.220. The Hall–Kier alpha value is -2.04. The van der Waals surface area contributed by atoms with E-state index in [1.807, 2.05) is 43.5 Å². The van der Waals surface area contributed by atoms with E-state index >= 15 is 0 Å². The molecule has 1 saturated heterocycles. The normalized spacial score (nSPS) is 19.1. The van der Waals surface area contributed by atoms with Gasteiger partial charge in [0.2, 0.25) is 0 Å². The maximum Gasteiger partial charge on any atom is 0.410 e. The molecule has 0 N–H and O–H groups in total. The molecule has 0 bridgehead atoms. The van der Waals surface area contributed by atoms with Gasteiger partial charge in [-0.05, 0) is 51.8 Å². The van der Waals surface area contributed by atoms with E-state index in [1.165, 1.54) is 0 Å². The molecule has 124 valence electrons. The Labute approximate surface area is 137 Å². The van der Waals surface area contributed by atoms with E-state index in [4.69, 9.17) is 9.72 Å². The number of aryl methyl sites for hydroxylation is 1. The number of ether oxygens (including phenoxy) is 1. The van der Waals surface area contributed by atoms with E-state index in [9.17, 15) is 4.79 Å². The number of carbonyl (C=O) groups is 1. The highest BCUT2D eigenvalue weighted by Gasteiger charge is 2.29. The van der Waals surface area contributed by atoms with Crippen molar-refractivity contribution >= 4 is 17.1 Å². The van der Waals surface area contributed by atoms with Crippen molar-refractivity contribution in [3.63, 3.8) is 0 Å². The first-order valence-electron chi connectivity index (χ1n) is 8.23. The van der Waals surface area contributed by atoms with Crippen LogP contribution in [0.3, 0.4) is 0 Å². The highest BCUT2D eigenvalue weighted by atomic mass is 16.6. The summed E-state index contributed by atoms with van der Waals surface area (Å²) >= 11 is 0. The average molecular weight is 315 g/mol. The second-order valence-corrected chi connectivity index (χ2v) is 7.34. The summed E-state index contributed by atoms with van der Waals surface area (Å²) in [7, 11) is 2.01. The smallest absolute Gasteiger partial charge is 0.410 e. The number of aromatic nitrogens is 2. The molecule has 2 aromatic heterocycles. The first-order chi connectivity index (χ1) is 10.8. The van der Waals surface area contributed by atoms with E-state index in [1.54, 1.807) is 0 Å². The van der Waals surface area contributed by atoms with Crippen LogP contribution in [-0.2, 0) is 11.8 Å². The Balaban J connectivity index is 1.77. The number of carbonyl (C=O) groups excluding carboxylic acids is 1. The van der Waals surface area contributed by atoms with Crippen LogP contribution in [0.5, 0.6) is 0 Å². The molecule has 5 nitrogen and oxygen atoms in total. The van der Waals surface area contributed by atoms with Gasteiger partial charge in [-0.1, -0.05) is 0 Å². The van der Waals surface area contributed by atoms with Crippen LogP contribution in [0.15, 0.2) is 24.4 Å². The maximum atomic E-state index is 12.3. The van der Waals surface area contributed by atoms with Crippen LogP contribution in [-0.4, -0.2) is 39.2 Å². The quantitative estimate of drug-likeness (QED) is 0.806. The van der Waals surface area contributed by atoms with Crippen molar-refractivity contribution in [2.75, 3.05) is 13.1 Å². The minimum Gasteiger partial charge on any atom is -0.444 e. The Morgan fingerprint density at radius 3 is 2.83 bits per heavy atom. The molecule has 2 aromatic rings. The summed E-state index contributed by atoms with van der Waals surface area (Å²) in [4.78, 5) is 18.9. The zero-order chi connectivity index (χ0) is 16.6. The standard InChI is InChI=1S/C18H25N3O2/c1-18(2,3)23-17(22)21-10-5-6-14(12-21)15-8-7-13-9-11-20(4)16(13)19-15/h7-9,11,14H,5-6,10,12H2,1-4H3. The van der Waals surface area contributed by atoms with Crippen LogP contribution in [0.25, 0.3) is 11.0 Å². The third-order valence-corrected chi connectivity index (χ3v) is 4.23. The van der Waals surface area contributed by atoms with Crippen LogP contribution in [0.1, 0.15) is 45.2 Å². The lowest BCUT2D eigenvalue weighted by Crippen LogP contribution is -2.42. The van der Waals surface area contributed by atoms with E-state index in [0.29, 0.717) is 6.54 Å². The number of hydrogen-bond acceptors (Lipinski definition) is 3. The molecule has 0 spiro atoms. The lowest BCUT2D eigenvalue weighted by molar-refractivity contribution is 0.0197. The molecule has 5 heteroatoms. The monoisotopic (exact) mass is 315 g/mol. The molecule has 3 heterocycles. The van der Waals surface area contributed by atoms with Crippen molar-refractivity contribution in [2.24, 2.45) is 7.05 Å². The number of piperidine rings is 1. The molecule has 1 unspecified atom stereocenters. The molecule has 23 heavy (non-hydrogen) atoms. The van der Waals surface area contributed by atoms with Gasteiger partial charge in [0.25, 0.3) is 0 Å². The predicted octanol–water partition coefficient (Wildman–Crippen LogP) is 3.69. The maximum absolute atomic E-state index is 12.3. The lowest BCUT2D eigenvalue weighted by Gasteiger charge is -2.34. The lowest BCUT2D eigenvalue weighted by atomic mass is 9.94.